The maximum Gasteiger partial charge on any atom is 0.330 e. The summed E-state index contributed by atoms with van der Waals surface area (Å²) in [7, 11) is 3.03. The predicted octanol–water partition coefficient (Wildman–Crippen LogP) is -0.569. The number of hydrogen-bond acceptors (Lipinski definition) is 3. The van der Waals surface area contributed by atoms with Crippen molar-refractivity contribution in [1.82, 2.24) is 0 Å². The standard InChI is InChI=1S/C10H13BFNO2/c1-10(13,9(14)15-2)7-5-6(11)3-4-8(7)12/h3-5H,11,13H2,1-2H3. The second-order valence-corrected chi connectivity index (χ2v) is 3.68. The quantitative estimate of drug-likeness (QED) is 0.524. The fourth-order valence-corrected chi connectivity index (χ4v) is 1.36. The Morgan fingerprint density at radius 3 is 2.73 bits per heavy atom. The van der Waals surface area contributed by atoms with Crippen molar-refractivity contribution in [3.8, 4) is 0 Å². The largest absolute Gasteiger partial charge is 0.467 e. The SMILES string of the molecule is Bc1ccc(F)c(C(C)(N)C(=O)OC)c1. The third-order valence-electron chi connectivity index (χ3n) is 2.29. The first-order chi connectivity index (χ1) is 6.89. The summed E-state index contributed by atoms with van der Waals surface area (Å²) in [6.45, 7) is 1.43. The van der Waals surface area contributed by atoms with Crippen molar-refractivity contribution >= 4 is 19.3 Å². The fraction of sp³-hybridized carbons (Fsp3) is 0.300. The first-order valence-electron chi connectivity index (χ1n) is 4.53. The lowest BCUT2D eigenvalue weighted by Gasteiger charge is -2.22. The molecule has 0 aromatic heterocycles. The van der Waals surface area contributed by atoms with E-state index < -0.39 is 17.3 Å². The summed E-state index contributed by atoms with van der Waals surface area (Å²) in [6, 6.07) is 4.46. The van der Waals surface area contributed by atoms with Gasteiger partial charge >= 0.3 is 5.97 Å². The van der Waals surface area contributed by atoms with Gasteiger partial charge in [0.05, 0.1) is 7.11 Å². The molecule has 15 heavy (non-hydrogen) atoms. The molecule has 0 radical (unpaired) electrons. The van der Waals surface area contributed by atoms with Crippen LogP contribution in [0.2, 0.25) is 0 Å². The minimum Gasteiger partial charge on any atom is -0.467 e. The van der Waals surface area contributed by atoms with Crippen LogP contribution in [-0.4, -0.2) is 20.9 Å². The molecular weight excluding hydrogens is 196 g/mol. The lowest BCUT2D eigenvalue weighted by atomic mass is 9.86. The Hall–Kier alpha value is -1.36. The van der Waals surface area contributed by atoms with Gasteiger partial charge in [-0.2, -0.15) is 0 Å². The summed E-state index contributed by atoms with van der Waals surface area (Å²) in [5.74, 6) is -1.16. The van der Waals surface area contributed by atoms with E-state index in [1.807, 2.05) is 0 Å². The number of benzene rings is 1. The molecule has 0 aliphatic carbocycles. The van der Waals surface area contributed by atoms with E-state index in [0.29, 0.717) is 0 Å². The van der Waals surface area contributed by atoms with Crippen molar-refractivity contribution in [2.45, 2.75) is 12.5 Å². The molecule has 1 aromatic carbocycles. The smallest absolute Gasteiger partial charge is 0.330 e. The Labute approximate surface area is 88.8 Å². The van der Waals surface area contributed by atoms with Crippen LogP contribution >= 0.6 is 0 Å². The summed E-state index contributed by atoms with van der Waals surface area (Å²) >= 11 is 0. The first-order valence-corrected chi connectivity index (χ1v) is 4.53. The molecule has 5 heteroatoms. The molecule has 0 heterocycles. The number of carbonyl (C=O) groups excluding carboxylic acids is 1. The number of hydrogen-bond donors (Lipinski definition) is 1. The molecule has 0 saturated heterocycles. The highest BCUT2D eigenvalue weighted by Gasteiger charge is 2.34. The van der Waals surface area contributed by atoms with Gasteiger partial charge < -0.3 is 10.5 Å². The monoisotopic (exact) mass is 209 g/mol. The van der Waals surface area contributed by atoms with Crippen LogP contribution in [0.1, 0.15) is 12.5 Å². The molecule has 0 aliphatic rings. The fourth-order valence-electron chi connectivity index (χ4n) is 1.36. The summed E-state index contributed by atoms with van der Waals surface area (Å²) < 4.78 is 18.0. The molecule has 0 saturated carbocycles. The molecule has 1 aromatic rings. The highest BCUT2D eigenvalue weighted by molar-refractivity contribution is 6.32. The Morgan fingerprint density at radius 2 is 2.20 bits per heavy atom. The molecule has 3 nitrogen and oxygen atoms in total. The lowest BCUT2D eigenvalue weighted by Crippen LogP contribution is -2.44. The molecule has 0 amide bonds. The van der Waals surface area contributed by atoms with Gasteiger partial charge in [-0.05, 0) is 13.0 Å². The van der Waals surface area contributed by atoms with Crippen LogP contribution < -0.4 is 11.2 Å². The number of carbonyl (C=O) groups is 1. The minimum atomic E-state index is -1.45. The van der Waals surface area contributed by atoms with Crippen LogP contribution in [0.3, 0.4) is 0 Å². The Balaban J connectivity index is 3.25. The molecule has 0 fully saturated rings. The van der Waals surface area contributed by atoms with Gasteiger partial charge in [-0.15, -0.1) is 0 Å². The van der Waals surface area contributed by atoms with E-state index in [-0.39, 0.29) is 5.56 Å². The topological polar surface area (TPSA) is 52.3 Å². The van der Waals surface area contributed by atoms with Crippen LogP contribution in [0, 0.1) is 5.82 Å². The number of ether oxygens (including phenoxy) is 1. The van der Waals surface area contributed by atoms with Crippen molar-refractivity contribution in [2.24, 2.45) is 5.73 Å². The summed E-state index contributed by atoms with van der Waals surface area (Å²) in [6.07, 6.45) is 0. The van der Waals surface area contributed by atoms with E-state index in [9.17, 15) is 9.18 Å². The molecule has 0 aliphatic heterocycles. The molecular formula is C10H13BFNO2. The van der Waals surface area contributed by atoms with Gasteiger partial charge in [0.15, 0.2) is 0 Å². The van der Waals surface area contributed by atoms with Gasteiger partial charge in [-0.1, -0.05) is 17.6 Å². The van der Waals surface area contributed by atoms with E-state index in [1.54, 1.807) is 20.0 Å². The van der Waals surface area contributed by atoms with Gasteiger partial charge in [0.1, 0.15) is 19.2 Å². The number of esters is 1. The average Bonchev–Trinajstić information content (AvgIpc) is 2.20. The first kappa shape index (κ1) is 11.7. The zero-order valence-electron chi connectivity index (χ0n) is 9.00. The number of nitrogens with two attached hydrogens (primary N) is 1. The highest BCUT2D eigenvalue weighted by atomic mass is 19.1. The normalized spacial score (nSPS) is 14.4. The molecule has 80 valence electrons. The van der Waals surface area contributed by atoms with E-state index in [1.165, 1.54) is 20.1 Å². The van der Waals surface area contributed by atoms with Crippen LogP contribution in [-0.2, 0) is 15.1 Å². The van der Waals surface area contributed by atoms with Crippen LogP contribution in [0.5, 0.6) is 0 Å². The molecule has 0 spiro atoms. The van der Waals surface area contributed by atoms with E-state index >= 15 is 0 Å². The van der Waals surface area contributed by atoms with Gasteiger partial charge in [0.2, 0.25) is 0 Å². The molecule has 1 unspecified atom stereocenters. The van der Waals surface area contributed by atoms with Crippen molar-refractivity contribution in [2.75, 3.05) is 7.11 Å². The third kappa shape index (κ3) is 2.18. The van der Waals surface area contributed by atoms with E-state index in [4.69, 9.17) is 5.73 Å². The van der Waals surface area contributed by atoms with Gasteiger partial charge in [0.25, 0.3) is 0 Å². The van der Waals surface area contributed by atoms with Gasteiger partial charge in [-0.25, -0.2) is 9.18 Å². The highest BCUT2D eigenvalue weighted by Crippen LogP contribution is 2.21. The molecule has 1 atom stereocenters. The Bertz CT molecular complexity index is 393. The Kier molecular flexibility index (Phi) is 3.14. The number of methoxy groups -OCH3 is 1. The van der Waals surface area contributed by atoms with Gasteiger partial charge in [0, 0.05) is 5.56 Å². The molecule has 2 N–H and O–H groups in total. The lowest BCUT2D eigenvalue weighted by molar-refractivity contribution is -0.146. The van der Waals surface area contributed by atoms with Crippen molar-refractivity contribution < 1.29 is 13.9 Å². The maximum atomic E-state index is 13.5. The van der Waals surface area contributed by atoms with Crippen molar-refractivity contribution in [3.63, 3.8) is 0 Å². The van der Waals surface area contributed by atoms with Crippen molar-refractivity contribution in [3.05, 3.63) is 29.6 Å². The van der Waals surface area contributed by atoms with Gasteiger partial charge in [-0.3, -0.25) is 0 Å². The second kappa shape index (κ2) is 4.02. The predicted molar refractivity (Wildman–Crippen MR) is 58.1 cm³/mol. The van der Waals surface area contributed by atoms with Crippen LogP contribution in [0.25, 0.3) is 0 Å². The maximum absolute atomic E-state index is 13.5. The van der Waals surface area contributed by atoms with Crippen LogP contribution in [0.4, 0.5) is 4.39 Å². The zero-order valence-corrected chi connectivity index (χ0v) is 9.00. The summed E-state index contributed by atoms with van der Waals surface area (Å²) in [4.78, 5) is 11.4. The minimum absolute atomic E-state index is 0.148. The average molecular weight is 209 g/mol. The molecule has 1 rings (SSSR count). The molecule has 0 bridgehead atoms. The summed E-state index contributed by atoms with van der Waals surface area (Å²) in [5, 5.41) is 0. The van der Waals surface area contributed by atoms with Crippen molar-refractivity contribution in [1.29, 1.82) is 0 Å². The van der Waals surface area contributed by atoms with Crippen LogP contribution in [0.15, 0.2) is 18.2 Å². The summed E-state index contributed by atoms with van der Waals surface area (Å²) in [5.41, 5.74) is 5.28. The zero-order chi connectivity index (χ0) is 11.6. The number of rotatable bonds is 2. The van der Waals surface area contributed by atoms with E-state index in [2.05, 4.69) is 4.74 Å². The third-order valence-corrected chi connectivity index (χ3v) is 2.29. The second-order valence-electron chi connectivity index (χ2n) is 3.68. The number of halogens is 1. The van der Waals surface area contributed by atoms with E-state index in [0.717, 1.165) is 5.46 Å². The Morgan fingerprint density at radius 1 is 1.60 bits per heavy atom.